The van der Waals surface area contributed by atoms with Crippen LogP contribution in [-0.2, 0) is 17.9 Å². The molecule has 27 heavy (non-hydrogen) atoms. The van der Waals surface area contributed by atoms with Crippen molar-refractivity contribution >= 4 is 29.9 Å². The zero-order valence-electron chi connectivity index (χ0n) is 15.4. The van der Waals surface area contributed by atoms with E-state index in [1.54, 1.807) is 19.2 Å². The SMILES string of the molecule is CN=C(NCc1ccc(F)c(COC)c1)NC1CCC(C(F)(F)F)CC1.I. The Bertz CT molecular complexity index is 617. The average molecular weight is 503 g/mol. The van der Waals surface area contributed by atoms with Gasteiger partial charge in [-0.2, -0.15) is 13.2 Å². The van der Waals surface area contributed by atoms with Gasteiger partial charge in [0.2, 0.25) is 0 Å². The Morgan fingerprint density at radius 2 is 1.89 bits per heavy atom. The normalized spacial score (nSPS) is 20.7. The third-order valence-corrected chi connectivity index (χ3v) is 4.62. The Labute approximate surface area is 174 Å². The number of guanidine groups is 1. The minimum Gasteiger partial charge on any atom is -0.380 e. The van der Waals surface area contributed by atoms with Gasteiger partial charge in [0.15, 0.2) is 5.96 Å². The molecule has 0 aliphatic heterocycles. The van der Waals surface area contributed by atoms with Crippen LogP contribution >= 0.6 is 24.0 Å². The van der Waals surface area contributed by atoms with Crippen molar-refractivity contribution in [3.63, 3.8) is 0 Å². The maximum atomic E-state index is 13.6. The smallest absolute Gasteiger partial charge is 0.380 e. The van der Waals surface area contributed by atoms with Gasteiger partial charge in [0.1, 0.15) is 5.82 Å². The molecule has 9 heteroatoms. The Balaban J connectivity index is 0.00000364. The van der Waals surface area contributed by atoms with E-state index in [0.717, 1.165) is 5.56 Å². The Kier molecular flexibility index (Phi) is 9.78. The van der Waals surface area contributed by atoms with Gasteiger partial charge in [0.25, 0.3) is 0 Å². The number of methoxy groups -OCH3 is 1. The quantitative estimate of drug-likeness (QED) is 0.272. The van der Waals surface area contributed by atoms with Gasteiger partial charge in [-0.1, -0.05) is 6.07 Å². The second-order valence-electron chi connectivity index (χ2n) is 6.52. The Morgan fingerprint density at radius 1 is 1.22 bits per heavy atom. The van der Waals surface area contributed by atoms with Crippen LogP contribution in [0.3, 0.4) is 0 Å². The predicted molar refractivity (Wildman–Crippen MR) is 108 cm³/mol. The number of hydrogen-bond acceptors (Lipinski definition) is 2. The second-order valence-corrected chi connectivity index (χ2v) is 6.52. The molecule has 0 bridgehead atoms. The largest absolute Gasteiger partial charge is 0.391 e. The predicted octanol–water partition coefficient (Wildman–Crippen LogP) is 4.38. The van der Waals surface area contributed by atoms with Crippen molar-refractivity contribution in [3.8, 4) is 0 Å². The summed E-state index contributed by atoms with van der Waals surface area (Å²) in [4.78, 5) is 4.11. The lowest BCUT2D eigenvalue weighted by molar-refractivity contribution is -0.182. The molecular formula is C18H26F4IN3O. The van der Waals surface area contributed by atoms with Gasteiger partial charge in [-0.15, -0.1) is 24.0 Å². The molecule has 0 aromatic heterocycles. The van der Waals surface area contributed by atoms with E-state index in [2.05, 4.69) is 15.6 Å². The molecule has 2 rings (SSSR count). The zero-order chi connectivity index (χ0) is 19.2. The van der Waals surface area contributed by atoms with Crippen molar-refractivity contribution < 1.29 is 22.3 Å². The van der Waals surface area contributed by atoms with Gasteiger partial charge in [-0.3, -0.25) is 4.99 Å². The molecule has 1 aromatic rings. The van der Waals surface area contributed by atoms with Crippen molar-refractivity contribution in [2.24, 2.45) is 10.9 Å². The minimum absolute atomic E-state index is 0. The van der Waals surface area contributed by atoms with E-state index in [1.807, 2.05) is 0 Å². The molecule has 0 amide bonds. The maximum Gasteiger partial charge on any atom is 0.391 e. The first kappa shape index (κ1) is 23.9. The fourth-order valence-electron chi connectivity index (χ4n) is 3.14. The maximum absolute atomic E-state index is 13.6. The second kappa shape index (κ2) is 11.0. The van der Waals surface area contributed by atoms with E-state index >= 15 is 0 Å². The fraction of sp³-hybridized carbons (Fsp3) is 0.611. The van der Waals surface area contributed by atoms with Crippen LogP contribution in [0, 0.1) is 11.7 Å². The molecule has 1 aliphatic carbocycles. The summed E-state index contributed by atoms with van der Waals surface area (Å²) in [5, 5.41) is 6.29. The molecule has 4 nitrogen and oxygen atoms in total. The summed E-state index contributed by atoms with van der Waals surface area (Å²) >= 11 is 0. The zero-order valence-corrected chi connectivity index (χ0v) is 17.7. The van der Waals surface area contributed by atoms with Gasteiger partial charge in [-0.25, -0.2) is 4.39 Å². The summed E-state index contributed by atoms with van der Waals surface area (Å²) in [6.07, 6.45) is -2.92. The number of alkyl halides is 3. The van der Waals surface area contributed by atoms with Crippen LogP contribution in [0.4, 0.5) is 17.6 Å². The summed E-state index contributed by atoms with van der Waals surface area (Å²) in [6.45, 7) is 0.615. The topological polar surface area (TPSA) is 45.7 Å². The number of hydrogen-bond donors (Lipinski definition) is 2. The molecule has 154 valence electrons. The Morgan fingerprint density at radius 3 is 2.44 bits per heavy atom. The van der Waals surface area contributed by atoms with Crippen LogP contribution in [0.15, 0.2) is 23.2 Å². The van der Waals surface area contributed by atoms with Crippen molar-refractivity contribution in [2.75, 3.05) is 14.2 Å². The number of nitrogens with one attached hydrogen (secondary N) is 2. The molecule has 1 aromatic carbocycles. The summed E-state index contributed by atoms with van der Waals surface area (Å²) in [6, 6.07) is 4.74. The average Bonchev–Trinajstić information content (AvgIpc) is 2.61. The molecule has 1 aliphatic rings. The summed E-state index contributed by atoms with van der Waals surface area (Å²) in [5.74, 6) is -0.994. The molecule has 0 spiro atoms. The minimum atomic E-state index is -4.10. The summed E-state index contributed by atoms with van der Waals surface area (Å²) < 4.78 is 56.8. The van der Waals surface area contributed by atoms with E-state index in [9.17, 15) is 17.6 Å². The van der Waals surface area contributed by atoms with Gasteiger partial charge in [-0.05, 0) is 43.4 Å². The van der Waals surface area contributed by atoms with Gasteiger partial charge >= 0.3 is 6.18 Å². The number of halogens is 5. The monoisotopic (exact) mass is 503 g/mol. The highest BCUT2D eigenvalue weighted by atomic mass is 127. The molecule has 1 saturated carbocycles. The lowest BCUT2D eigenvalue weighted by atomic mass is 9.85. The van der Waals surface area contributed by atoms with Crippen LogP contribution in [-0.4, -0.2) is 32.3 Å². The molecule has 2 N–H and O–H groups in total. The van der Waals surface area contributed by atoms with E-state index < -0.39 is 12.1 Å². The summed E-state index contributed by atoms with van der Waals surface area (Å²) in [7, 11) is 3.11. The highest BCUT2D eigenvalue weighted by molar-refractivity contribution is 14.0. The van der Waals surface area contributed by atoms with Gasteiger partial charge in [0, 0.05) is 32.3 Å². The highest BCUT2D eigenvalue weighted by Crippen LogP contribution is 2.37. The van der Waals surface area contributed by atoms with E-state index in [1.165, 1.54) is 13.2 Å². The molecular weight excluding hydrogens is 477 g/mol. The lowest BCUT2D eigenvalue weighted by Crippen LogP contribution is -2.45. The first-order chi connectivity index (χ1) is 12.3. The van der Waals surface area contributed by atoms with Crippen molar-refractivity contribution in [2.45, 2.75) is 51.1 Å². The van der Waals surface area contributed by atoms with Crippen molar-refractivity contribution in [3.05, 3.63) is 35.1 Å². The third kappa shape index (κ3) is 7.44. The van der Waals surface area contributed by atoms with Crippen LogP contribution < -0.4 is 10.6 Å². The molecule has 0 radical (unpaired) electrons. The molecule has 0 saturated heterocycles. The number of aliphatic imine (C=N–C) groups is 1. The molecule has 1 fully saturated rings. The summed E-state index contributed by atoms with van der Waals surface area (Å²) in [5.41, 5.74) is 1.34. The van der Waals surface area contributed by atoms with E-state index in [0.29, 0.717) is 30.9 Å². The van der Waals surface area contributed by atoms with Crippen LogP contribution in [0.1, 0.15) is 36.8 Å². The fourth-order valence-corrected chi connectivity index (χ4v) is 3.14. The third-order valence-electron chi connectivity index (χ3n) is 4.62. The molecule has 0 heterocycles. The lowest BCUT2D eigenvalue weighted by Gasteiger charge is -2.31. The van der Waals surface area contributed by atoms with E-state index in [4.69, 9.17) is 4.74 Å². The van der Waals surface area contributed by atoms with Crippen LogP contribution in [0.5, 0.6) is 0 Å². The van der Waals surface area contributed by atoms with E-state index in [-0.39, 0.29) is 55.3 Å². The number of rotatable bonds is 5. The van der Waals surface area contributed by atoms with Gasteiger partial charge < -0.3 is 15.4 Å². The highest BCUT2D eigenvalue weighted by Gasteiger charge is 2.41. The standard InChI is InChI=1S/C18H25F4N3O.HI/c1-23-17(25-15-6-4-14(5-7-15)18(20,21)22)24-10-12-3-8-16(19)13(9-12)11-26-2;/h3,8-9,14-15H,4-7,10-11H2,1-2H3,(H2,23,24,25);1H. The van der Waals surface area contributed by atoms with Crippen LogP contribution in [0.2, 0.25) is 0 Å². The first-order valence-corrected chi connectivity index (χ1v) is 8.63. The number of nitrogens with zero attached hydrogens (tertiary/aromatic N) is 1. The number of ether oxygens (including phenoxy) is 1. The Hall–Kier alpha value is -1.10. The number of benzene rings is 1. The van der Waals surface area contributed by atoms with Crippen molar-refractivity contribution in [1.82, 2.24) is 10.6 Å². The van der Waals surface area contributed by atoms with Crippen molar-refractivity contribution in [1.29, 1.82) is 0 Å². The molecule has 0 atom stereocenters. The van der Waals surface area contributed by atoms with Crippen LogP contribution in [0.25, 0.3) is 0 Å². The first-order valence-electron chi connectivity index (χ1n) is 8.63. The molecule has 0 unspecified atom stereocenters. The van der Waals surface area contributed by atoms with Gasteiger partial charge in [0.05, 0.1) is 12.5 Å².